The topological polar surface area (TPSA) is 114 Å². The summed E-state index contributed by atoms with van der Waals surface area (Å²) in [6.07, 6.45) is 1.40. The van der Waals surface area contributed by atoms with Gasteiger partial charge in [-0.15, -0.1) is 11.8 Å². The summed E-state index contributed by atoms with van der Waals surface area (Å²) in [6.45, 7) is 0. The molecule has 9 heteroatoms. The van der Waals surface area contributed by atoms with Crippen LogP contribution in [-0.4, -0.2) is 49.9 Å². The Morgan fingerprint density at radius 2 is 2.32 bits per heavy atom. The number of carbonyl (C=O) groups is 3. The number of β-lactam (4-membered cyclic amide) rings is 1. The number of hydrogen-bond acceptors (Lipinski definition) is 7. The van der Waals surface area contributed by atoms with E-state index in [1.54, 1.807) is 12.1 Å². The van der Waals surface area contributed by atoms with Crippen molar-refractivity contribution in [3.8, 4) is 0 Å². The minimum absolute atomic E-state index is 0.0461. The Morgan fingerprint density at radius 1 is 1.55 bits per heavy atom. The van der Waals surface area contributed by atoms with Crippen LogP contribution in [0.15, 0.2) is 34.1 Å². The Kier molecular flexibility index (Phi) is 4.02. The zero-order chi connectivity index (χ0) is 15.9. The van der Waals surface area contributed by atoms with Crippen molar-refractivity contribution in [2.24, 2.45) is 5.73 Å². The van der Waals surface area contributed by atoms with E-state index in [2.05, 4.69) is 0 Å². The van der Waals surface area contributed by atoms with Gasteiger partial charge in [0.05, 0.1) is 6.26 Å². The second kappa shape index (κ2) is 5.82. The molecule has 2 aliphatic rings. The Hall–Kier alpha value is -1.71. The van der Waals surface area contributed by atoms with Gasteiger partial charge in [0.1, 0.15) is 17.1 Å². The normalized spacial score (nSPS) is 24.0. The molecule has 1 amide bonds. The lowest BCUT2D eigenvalue weighted by molar-refractivity contribution is -0.147. The van der Waals surface area contributed by atoms with E-state index in [0.717, 1.165) is 11.8 Å². The molecule has 0 aromatic carbocycles. The second-order valence-corrected chi connectivity index (χ2v) is 6.80. The van der Waals surface area contributed by atoms with Gasteiger partial charge in [-0.05, 0) is 17.7 Å². The minimum Gasteiger partial charge on any atom is -0.477 e. The van der Waals surface area contributed by atoms with Crippen LogP contribution in [0.2, 0.25) is 0 Å². The summed E-state index contributed by atoms with van der Waals surface area (Å²) in [6, 6.07) is 2.50. The van der Waals surface area contributed by atoms with Crippen molar-refractivity contribution < 1.29 is 23.9 Å². The van der Waals surface area contributed by atoms with Gasteiger partial charge in [0.15, 0.2) is 5.76 Å². The number of aliphatic carboxylic acids is 1. The van der Waals surface area contributed by atoms with Gasteiger partial charge in [0.25, 0.3) is 5.12 Å². The molecule has 116 valence electrons. The van der Waals surface area contributed by atoms with Crippen molar-refractivity contribution in [2.75, 3.05) is 11.5 Å². The van der Waals surface area contributed by atoms with Crippen LogP contribution < -0.4 is 5.73 Å². The molecule has 2 aliphatic heterocycles. The molecule has 0 bridgehead atoms. The maximum atomic E-state index is 11.9. The highest BCUT2D eigenvalue weighted by Crippen LogP contribution is 2.40. The van der Waals surface area contributed by atoms with Gasteiger partial charge in [0.2, 0.25) is 5.91 Å². The predicted molar refractivity (Wildman–Crippen MR) is 81.2 cm³/mol. The molecule has 0 radical (unpaired) electrons. The van der Waals surface area contributed by atoms with Gasteiger partial charge < -0.3 is 15.3 Å². The number of carboxylic acid groups (broad SMARTS) is 1. The smallest absolute Gasteiger partial charge is 0.352 e. The quantitative estimate of drug-likeness (QED) is 0.771. The molecule has 0 spiro atoms. The molecule has 1 aromatic rings. The monoisotopic (exact) mass is 340 g/mol. The Labute approximate surface area is 133 Å². The fourth-order valence-electron chi connectivity index (χ4n) is 2.31. The zero-order valence-corrected chi connectivity index (χ0v) is 12.9. The SMILES string of the molecule is N[C@@H]1C(=O)N2C(C(=O)O)=C(CSC(=O)c3ccco3)CSC12. The van der Waals surface area contributed by atoms with Gasteiger partial charge in [-0.3, -0.25) is 14.5 Å². The Balaban J connectivity index is 1.77. The zero-order valence-electron chi connectivity index (χ0n) is 11.2. The van der Waals surface area contributed by atoms with Gasteiger partial charge >= 0.3 is 5.97 Å². The third kappa shape index (κ3) is 2.44. The fraction of sp³-hybridized carbons (Fsp3) is 0.308. The van der Waals surface area contributed by atoms with Crippen molar-refractivity contribution in [1.29, 1.82) is 0 Å². The number of furan rings is 1. The van der Waals surface area contributed by atoms with E-state index in [0.29, 0.717) is 11.3 Å². The second-order valence-electron chi connectivity index (χ2n) is 4.75. The number of carboxylic acids is 1. The molecule has 0 saturated carbocycles. The van der Waals surface area contributed by atoms with Crippen LogP contribution in [0.4, 0.5) is 0 Å². The average molecular weight is 340 g/mol. The van der Waals surface area contributed by atoms with Crippen LogP contribution in [0.5, 0.6) is 0 Å². The highest BCUT2D eigenvalue weighted by Gasteiger charge is 2.51. The molecule has 22 heavy (non-hydrogen) atoms. The first-order valence-corrected chi connectivity index (χ1v) is 8.40. The summed E-state index contributed by atoms with van der Waals surface area (Å²) >= 11 is 2.37. The number of nitrogens with two attached hydrogens (primary N) is 1. The van der Waals surface area contributed by atoms with E-state index < -0.39 is 17.9 Å². The molecule has 1 unspecified atom stereocenters. The molecule has 3 N–H and O–H groups in total. The molecule has 3 rings (SSSR count). The lowest BCUT2D eigenvalue weighted by atomic mass is 10.0. The molecular formula is C13H12N2O5S2. The third-order valence-electron chi connectivity index (χ3n) is 3.39. The van der Waals surface area contributed by atoms with E-state index in [1.807, 2.05) is 0 Å². The highest BCUT2D eigenvalue weighted by atomic mass is 32.2. The number of amides is 1. The molecule has 1 saturated heterocycles. The number of carbonyl (C=O) groups excluding carboxylic acids is 2. The lowest BCUT2D eigenvalue weighted by Gasteiger charge is -2.48. The van der Waals surface area contributed by atoms with Crippen LogP contribution in [0, 0.1) is 0 Å². The number of fused-ring (bicyclic) bond motifs is 1. The first-order valence-electron chi connectivity index (χ1n) is 6.37. The van der Waals surface area contributed by atoms with Crippen molar-refractivity contribution in [3.05, 3.63) is 35.4 Å². The molecule has 7 nitrogen and oxygen atoms in total. The van der Waals surface area contributed by atoms with E-state index >= 15 is 0 Å². The predicted octanol–water partition coefficient (Wildman–Crippen LogP) is 0.734. The summed E-state index contributed by atoms with van der Waals surface area (Å²) < 4.78 is 5.00. The fourth-order valence-corrected chi connectivity index (χ4v) is 4.53. The van der Waals surface area contributed by atoms with Crippen LogP contribution in [0.1, 0.15) is 10.6 Å². The van der Waals surface area contributed by atoms with E-state index in [9.17, 15) is 19.5 Å². The number of thioether (sulfide) groups is 2. The first kappa shape index (κ1) is 15.2. The van der Waals surface area contributed by atoms with Crippen molar-refractivity contribution in [2.45, 2.75) is 11.4 Å². The molecule has 2 atom stereocenters. The summed E-state index contributed by atoms with van der Waals surface area (Å²) in [5, 5.41) is 8.77. The van der Waals surface area contributed by atoms with Crippen LogP contribution in [-0.2, 0) is 9.59 Å². The largest absolute Gasteiger partial charge is 0.477 e. The molecule has 1 fully saturated rings. The maximum absolute atomic E-state index is 11.9. The summed E-state index contributed by atoms with van der Waals surface area (Å²) in [7, 11) is 0. The van der Waals surface area contributed by atoms with Crippen molar-refractivity contribution in [3.63, 3.8) is 0 Å². The number of rotatable bonds is 4. The summed E-state index contributed by atoms with van der Waals surface area (Å²) in [5.74, 6) is -0.728. The molecule has 3 heterocycles. The lowest BCUT2D eigenvalue weighted by Crippen LogP contribution is -2.68. The first-order chi connectivity index (χ1) is 10.5. The van der Waals surface area contributed by atoms with Gasteiger partial charge in [-0.2, -0.15) is 0 Å². The van der Waals surface area contributed by atoms with E-state index in [1.165, 1.54) is 22.9 Å². The van der Waals surface area contributed by atoms with E-state index in [4.69, 9.17) is 10.2 Å². The average Bonchev–Trinajstić information content (AvgIpc) is 3.05. The molecular weight excluding hydrogens is 328 g/mol. The summed E-state index contributed by atoms with van der Waals surface area (Å²) in [5.41, 5.74) is 6.17. The molecule has 0 aliphatic carbocycles. The standard InChI is InChI=1S/C13H12N2O5S2/c14-8-10(16)15-9(12(17)18)6(4-21-11(8)15)5-22-13(19)7-2-1-3-20-7/h1-3,8,11H,4-5,14H2,(H,17,18)/t8-,11?/m1/s1. The van der Waals surface area contributed by atoms with Crippen molar-refractivity contribution in [1.82, 2.24) is 4.90 Å². The Morgan fingerprint density at radius 3 is 2.95 bits per heavy atom. The minimum atomic E-state index is -1.17. The van der Waals surface area contributed by atoms with Gasteiger partial charge in [0, 0.05) is 11.5 Å². The van der Waals surface area contributed by atoms with Crippen LogP contribution in [0.3, 0.4) is 0 Å². The van der Waals surface area contributed by atoms with E-state index in [-0.39, 0.29) is 27.7 Å². The number of nitrogens with zero attached hydrogens (tertiary/aromatic N) is 1. The third-order valence-corrected chi connectivity index (χ3v) is 5.71. The van der Waals surface area contributed by atoms with Crippen molar-refractivity contribution >= 4 is 40.5 Å². The Bertz CT molecular complexity index is 670. The molecule has 1 aromatic heterocycles. The van der Waals surface area contributed by atoms with Gasteiger partial charge in [-0.25, -0.2) is 4.79 Å². The van der Waals surface area contributed by atoms with Crippen LogP contribution in [0.25, 0.3) is 0 Å². The van der Waals surface area contributed by atoms with Crippen LogP contribution >= 0.6 is 23.5 Å². The van der Waals surface area contributed by atoms with Gasteiger partial charge in [-0.1, -0.05) is 11.8 Å². The number of hydrogen-bond donors (Lipinski definition) is 2. The summed E-state index contributed by atoms with van der Waals surface area (Å²) in [4.78, 5) is 36.4. The highest BCUT2D eigenvalue weighted by molar-refractivity contribution is 8.14. The maximum Gasteiger partial charge on any atom is 0.352 e.